The minimum Gasteiger partial charge on any atom is -0.759 e. The second-order valence-electron chi connectivity index (χ2n) is 7.92. The van der Waals surface area contributed by atoms with Gasteiger partial charge in [0.05, 0.1) is 23.9 Å². The van der Waals surface area contributed by atoms with Crippen molar-refractivity contribution in [3.05, 3.63) is 82.2 Å². The fraction of sp³-hybridized carbons (Fsp3) is 0.160. The van der Waals surface area contributed by atoms with Crippen LogP contribution in [0.2, 0.25) is 0 Å². The quantitative estimate of drug-likeness (QED) is 0.581. The van der Waals surface area contributed by atoms with E-state index in [1.165, 1.54) is 12.6 Å². The number of methoxy groups -OCH3 is 1. The molecule has 2 N–H and O–H groups in total. The summed E-state index contributed by atoms with van der Waals surface area (Å²) in [6, 6.07) is 14.1. The Morgan fingerprint density at radius 3 is 2.28 bits per heavy atom. The lowest BCUT2D eigenvalue weighted by Gasteiger charge is -2.22. The molecule has 1 aromatic heterocycles. The van der Waals surface area contributed by atoms with Crippen LogP contribution >= 0.6 is 0 Å². The summed E-state index contributed by atoms with van der Waals surface area (Å²) in [5.41, 5.74) is 6.46. The van der Waals surface area contributed by atoms with Gasteiger partial charge in [-0.1, -0.05) is 42.5 Å². The van der Waals surface area contributed by atoms with Crippen molar-refractivity contribution in [3.63, 3.8) is 0 Å². The van der Waals surface area contributed by atoms with Crippen molar-refractivity contribution >= 4 is 18.0 Å². The van der Waals surface area contributed by atoms with Crippen LogP contribution in [0.25, 0.3) is 28.5 Å². The van der Waals surface area contributed by atoms with Gasteiger partial charge in [-0.15, -0.1) is 0 Å². The molecule has 2 aliphatic rings. The van der Waals surface area contributed by atoms with Crippen LogP contribution in [0.4, 0.5) is 0 Å². The molecule has 2 atom stereocenters. The summed E-state index contributed by atoms with van der Waals surface area (Å²) < 4.78 is 5.60. The molecule has 1 amide bonds. The summed E-state index contributed by atoms with van der Waals surface area (Å²) in [6.45, 7) is 0. The second-order valence-corrected chi connectivity index (χ2v) is 7.92. The van der Waals surface area contributed by atoms with E-state index in [0.29, 0.717) is 17.3 Å². The number of amides is 1. The molecule has 7 nitrogen and oxygen atoms in total. The molecule has 7 heteroatoms. The number of carbonyl (C=O) groups excluding carboxylic acids is 1. The van der Waals surface area contributed by atoms with E-state index in [0.717, 1.165) is 28.7 Å². The summed E-state index contributed by atoms with van der Waals surface area (Å²) in [7, 11) is 1.47. The van der Waals surface area contributed by atoms with Crippen LogP contribution in [0, 0.1) is 11.1 Å². The predicted octanol–water partition coefficient (Wildman–Crippen LogP) is 4.48. The first-order valence-electron chi connectivity index (χ1n) is 10.2. The zero-order valence-electron chi connectivity index (χ0n) is 17.2. The van der Waals surface area contributed by atoms with Gasteiger partial charge in [0.25, 0.3) is 0 Å². The normalized spacial score (nSPS) is 17.8. The van der Waals surface area contributed by atoms with Crippen LogP contribution in [-0.4, -0.2) is 29.1 Å². The lowest BCUT2D eigenvalue weighted by atomic mass is 9.92. The summed E-state index contributed by atoms with van der Waals surface area (Å²) >= 11 is 0. The van der Waals surface area contributed by atoms with Crippen LogP contribution in [0.5, 0.6) is 5.75 Å². The van der Waals surface area contributed by atoms with E-state index in [2.05, 4.69) is 6.08 Å². The number of pyridine rings is 1. The molecule has 0 bridgehead atoms. The lowest BCUT2D eigenvalue weighted by molar-refractivity contribution is 0.0696. The number of nitrogens with zero attached hydrogens (tertiary/aromatic N) is 1. The van der Waals surface area contributed by atoms with Crippen molar-refractivity contribution in [2.45, 2.75) is 12.3 Å². The predicted molar refractivity (Wildman–Crippen MR) is 119 cm³/mol. The van der Waals surface area contributed by atoms with E-state index >= 15 is 0 Å². The van der Waals surface area contributed by atoms with E-state index in [9.17, 15) is 14.8 Å². The van der Waals surface area contributed by atoms with Gasteiger partial charge in [0.1, 0.15) is 5.69 Å². The minimum absolute atomic E-state index is 0.189. The molecule has 0 spiro atoms. The number of carbonyl (C=O) groups is 2. The Hall–Kier alpha value is -3.97. The zero-order chi connectivity index (χ0) is 22.4. The van der Waals surface area contributed by atoms with Crippen molar-refractivity contribution in [1.82, 2.24) is 10.5 Å². The van der Waals surface area contributed by atoms with Crippen molar-refractivity contribution in [3.8, 4) is 28.1 Å². The Kier molecular flexibility index (Phi) is 4.75. The van der Waals surface area contributed by atoms with Crippen molar-refractivity contribution < 1.29 is 19.4 Å². The van der Waals surface area contributed by atoms with E-state index in [-0.39, 0.29) is 22.8 Å². The monoisotopic (exact) mass is 427 g/mol. The third-order valence-corrected chi connectivity index (χ3v) is 6.08. The Labute approximate surface area is 184 Å². The van der Waals surface area contributed by atoms with Crippen molar-refractivity contribution in [1.29, 1.82) is 0 Å². The van der Waals surface area contributed by atoms with Gasteiger partial charge >= 0.3 is 5.97 Å². The number of aromatic carboxylic acids is 1. The molecule has 32 heavy (non-hydrogen) atoms. The number of benzene rings is 2. The summed E-state index contributed by atoms with van der Waals surface area (Å²) in [5, 5.41) is 20.4. The third-order valence-electron chi connectivity index (χ3n) is 6.08. The first-order chi connectivity index (χ1) is 15.5. The number of hydrogen-bond donors (Lipinski definition) is 2. The number of hydrogen-bond acceptors (Lipinski definition) is 5. The van der Waals surface area contributed by atoms with Gasteiger partial charge in [-0.25, -0.2) is 9.78 Å². The van der Waals surface area contributed by atoms with E-state index in [1.54, 1.807) is 24.3 Å². The largest absolute Gasteiger partial charge is 0.759 e. The number of hydroxylamine groups is 1. The van der Waals surface area contributed by atoms with Gasteiger partial charge in [0.2, 0.25) is 5.91 Å². The maximum Gasteiger partial charge on any atom is 0.335 e. The maximum absolute atomic E-state index is 12.5. The Morgan fingerprint density at radius 1 is 1.06 bits per heavy atom. The Bertz CT molecular complexity index is 1260. The molecule has 1 heterocycles. The van der Waals surface area contributed by atoms with Gasteiger partial charge in [0.15, 0.2) is 5.75 Å². The van der Waals surface area contributed by atoms with Gasteiger partial charge in [-0.3, -0.25) is 4.79 Å². The second kappa shape index (κ2) is 7.62. The zero-order valence-corrected chi connectivity index (χ0v) is 17.2. The smallest absolute Gasteiger partial charge is 0.335 e. The van der Waals surface area contributed by atoms with Crippen LogP contribution in [0.15, 0.2) is 54.6 Å². The molecule has 1 saturated carbocycles. The first kappa shape index (κ1) is 20.0. The van der Waals surface area contributed by atoms with Gasteiger partial charge in [-0.05, 0) is 53.2 Å². The third kappa shape index (κ3) is 3.23. The molecule has 2 aromatic carbocycles. The van der Waals surface area contributed by atoms with Crippen LogP contribution in [0.1, 0.15) is 44.3 Å². The van der Waals surface area contributed by atoms with Gasteiger partial charge in [0, 0.05) is 5.56 Å². The standard InChI is InChI=1S/C25H19N2O5/c1-32-23-21(24(28)27-31)20-18-12-17(18)10-11-19(20)26-22(23)15-6-2-13(3-7-15)14-4-8-16(9-5-14)25(29)30/h2-11,17-18H,12H2,1H3,(H2-,26,27,28,29,30,31)/q-1/t17-,18?/m0/s1. The molecule has 1 fully saturated rings. The molecule has 5 rings (SSSR count). The number of nitrogens with one attached hydrogen (secondary N) is 1. The molecular formula is C25H19N2O5-. The Balaban J connectivity index is 1.58. The highest BCUT2D eigenvalue weighted by Gasteiger charge is 2.44. The molecule has 3 aromatic rings. The fourth-order valence-corrected chi connectivity index (χ4v) is 4.37. The number of allylic oxidation sites excluding steroid dienone is 1. The molecule has 160 valence electrons. The fourth-order valence-electron chi connectivity index (χ4n) is 4.37. The highest BCUT2D eigenvalue weighted by atomic mass is 16.5. The lowest BCUT2D eigenvalue weighted by Crippen LogP contribution is -2.21. The highest BCUT2D eigenvalue weighted by Crippen LogP contribution is 2.55. The summed E-state index contributed by atoms with van der Waals surface area (Å²) in [5.74, 6) is -0.838. The molecular weight excluding hydrogens is 408 g/mol. The number of carboxylic acids is 1. The van der Waals surface area contributed by atoms with Gasteiger partial charge < -0.3 is 20.5 Å². The highest BCUT2D eigenvalue weighted by molar-refractivity contribution is 6.02. The van der Waals surface area contributed by atoms with Crippen LogP contribution in [0.3, 0.4) is 0 Å². The number of carboxylic acid groups (broad SMARTS) is 1. The van der Waals surface area contributed by atoms with Crippen molar-refractivity contribution in [2.24, 2.45) is 5.92 Å². The molecule has 2 aliphatic carbocycles. The number of ether oxygens (including phenoxy) is 1. The van der Waals surface area contributed by atoms with Crippen LogP contribution < -0.4 is 10.2 Å². The van der Waals surface area contributed by atoms with E-state index < -0.39 is 11.9 Å². The average Bonchev–Trinajstić information content (AvgIpc) is 3.62. The molecule has 0 aliphatic heterocycles. The Morgan fingerprint density at radius 2 is 1.69 bits per heavy atom. The van der Waals surface area contributed by atoms with Crippen LogP contribution in [-0.2, 0) is 0 Å². The maximum atomic E-state index is 12.5. The number of rotatable bonds is 5. The molecule has 1 unspecified atom stereocenters. The van der Waals surface area contributed by atoms with Crippen molar-refractivity contribution in [2.75, 3.05) is 7.11 Å². The summed E-state index contributed by atoms with van der Waals surface area (Å²) in [6.07, 6.45) is 4.94. The SMILES string of the molecule is COc1c(-c2ccc(-c3ccc(C(=O)O)cc3)cc2)nc2c(c1C(=O)N[O-])C1C[C@@H]1C=C2. The number of fused-ring (bicyclic) bond motifs is 3. The van der Waals surface area contributed by atoms with E-state index in [1.807, 2.05) is 30.3 Å². The number of aromatic nitrogens is 1. The molecule has 0 saturated heterocycles. The minimum atomic E-state index is -0.970. The van der Waals surface area contributed by atoms with Gasteiger partial charge in [-0.2, -0.15) is 0 Å². The average molecular weight is 427 g/mol. The molecule has 0 radical (unpaired) electrons. The topological polar surface area (TPSA) is 112 Å². The summed E-state index contributed by atoms with van der Waals surface area (Å²) in [4.78, 5) is 28.4. The first-order valence-corrected chi connectivity index (χ1v) is 10.2. The van der Waals surface area contributed by atoms with E-state index in [4.69, 9.17) is 14.8 Å².